The molecule has 0 unspecified atom stereocenters. The van der Waals surface area contributed by atoms with Crippen LogP contribution in [0.1, 0.15) is 11.5 Å². The molecule has 0 aliphatic rings. The molecule has 58 valence electrons. The maximum absolute atomic E-state index is 10.5. The molecule has 0 amide bonds. The predicted molar refractivity (Wildman–Crippen MR) is 40.3 cm³/mol. The molecule has 0 spiro atoms. The van der Waals surface area contributed by atoms with E-state index in [1.165, 1.54) is 0 Å². The van der Waals surface area contributed by atoms with Gasteiger partial charge >= 0.3 is 0 Å². The highest BCUT2D eigenvalue weighted by Crippen LogP contribution is 2.13. The van der Waals surface area contributed by atoms with Gasteiger partial charge in [0.05, 0.1) is 13.2 Å². The highest BCUT2D eigenvalue weighted by Gasteiger charge is 2.08. The summed E-state index contributed by atoms with van der Waals surface area (Å²) in [5.74, 6) is -0.351. The lowest BCUT2D eigenvalue weighted by Crippen LogP contribution is -2.06. The van der Waals surface area contributed by atoms with Gasteiger partial charge in [-0.1, -0.05) is 30.3 Å². The summed E-state index contributed by atoms with van der Waals surface area (Å²) in [6.45, 7) is -0.624. The number of hydrogen-bond acceptors (Lipinski definition) is 0. The third-order valence-electron chi connectivity index (χ3n) is 1.67. The Morgan fingerprint density at radius 3 is 2.00 bits per heavy atom. The fourth-order valence-corrected chi connectivity index (χ4v) is 0.966. The van der Waals surface area contributed by atoms with E-state index < -0.39 is 0 Å². The Kier molecular flexibility index (Phi) is 3.08. The summed E-state index contributed by atoms with van der Waals surface area (Å²) in [6.07, 6.45) is 0. The number of benzene rings is 1. The van der Waals surface area contributed by atoms with Crippen molar-refractivity contribution in [1.82, 2.24) is 0 Å². The molecular weight excluding hydrogens is 140 g/mol. The minimum atomic E-state index is -0.351. The van der Waals surface area contributed by atoms with Crippen molar-refractivity contribution >= 4 is 0 Å². The highest BCUT2D eigenvalue weighted by atomic mass is 16.3. The van der Waals surface area contributed by atoms with Gasteiger partial charge in [-0.2, -0.15) is 0 Å². The normalized spacial score (nSPS) is 10.5. The van der Waals surface area contributed by atoms with Crippen molar-refractivity contribution in [2.75, 3.05) is 13.2 Å². The first-order valence-corrected chi connectivity index (χ1v) is 3.59. The van der Waals surface area contributed by atoms with Crippen molar-refractivity contribution in [3.8, 4) is 0 Å². The van der Waals surface area contributed by atoms with E-state index in [0.717, 1.165) is 5.56 Å². The Balaban J connectivity index is 2.74. The van der Waals surface area contributed by atoms with Gasteiger partial charge in [-0.25, -0.2) is 10.2 Å². The summed E-state index contributed by atoms with van der Waals surface area (Å²) in [5.41, 5.74) is 0.859. The maximum Gasteiger partial charge on any atom is 0.0914 e. The molecule has 1 aromatic carbocycles. The van der Waals surface area contributed by atoms with Crippen molar-refractivity contribution in [2.45, 2.75) is 5.92 Å². The van der Waals surface area contributed by atoms with Gasteiger partial charge in [0.1, 0.15) is 0 Å². The summed E-state index contributed by atoms with van der Waals surface area (Å²) in [7, 11) is 0. The van der Waals surface area contributed by atoms with E-state index in [9.17, 15) is 10.2 Å². The van der Waals surface area contributed by atoms with Crippen LogP contribution in [-0.4, -0.2) is 13.2 Å². The molecule has 0 bridgehead atoms. The first-order valence-electron chi connectivity index (χ1n) is 3.59. The molecule has 2 nitrogen and oxygen atoms in total. The minimum absolute atomic E-state index is 0.312. The van der Waals surface area contributed by atoms with E-state index in [0.29, 0.717) is 0 Å². The second kappa shape index (κ2) is 4.11. The zero-order valence-corrected chi connectivity index (χ0v) is 6.19. The largest absolute Gasteiger partial charge is 0.236 e. The van der Waals surface area contributed by atoms with E-state index in [2.05, 4.69) is 0 Å². The minimum Gasteiger partial charge on any atom is -0.236 e. The van der Waals surface area contributed by atoms with Crippen molar-refractivity contribution in [1.29, 1.82) is 0 Å². The lowest BCUT2D eigenvalue weighted by Gasteiger charge is -2.07. The zero-order valence-electron chi connectivity index (χ0n) is 6.19. The Hall–Kier alpha value is -0.860. The van der Waals surface area contributed by atoms with Gasteiger partial charge in [-0.05, 0) is 5.56 Å². The van der Waals surface area contributed by atoms with Crippen LogP contribution in [0, 0.1) is 0 Å². The fraction of sp³-hybridized carbons (Fsp3) is 0.333. The molecule has 2 radical (unpaired) electrons. The third-order valence-corrected chi connectivity index (χ3v) is 1.67. The van der Waals surface area contributed by atoms with Gasteiger partial charge < -0.3 is 0 Å². The molecule has 0 saturated heterocycles. The monoisotopic (exact) mass is 150 g/mol. The van der Waals surface area contributed by atoms with Gasteiger partial charge in [-0.15, -0.1) is 0 Å². The summed E-state index contributed by atoms with van der Waals surface area (Å²) in [6, 6.07) is 9.19. The number of hydrogen-bond donors (Lipinski definition) is 0. The summed E-state index contributed by atoms with van der Waals surface area (Å²) in [5, 5.41) is 20.9. The van der Waals surface area contributed by atoms with Crippen LogP contribution < -0.4 is 0 Å². The fourth-order valence-electron chi connectivity index (χ4n) is 0.966. The van der Waals surface area contributed by atoms with Crippen LogP contribution in [0.2, 0.25) is 0 Å². The molecule has 11 heavy (non-hydrogen) atoms. The topological polar surface area (TPSA) is 39.8 Å². The average molecular weight is 150 g/mol. The van der Waals surface area contributed by atoms with E-state index in [4.69, 9.17) is 0 Å². The van der Waals surface area contributed by atoms with Gasteiger partial charge in [0.2, 0.25) is 0 Å². The van der Waals surface area contributed by atoms with Gasteiger partial charge in [-0.3, -0.25) is 0 Å². The SMILES string of the molecule is [O]CC(C[O])c1ccccc1. The molecule has 0 aliphatic carbocycles. The molecule has 0 N–H and O–H groups in total. The molecule has 2 heteroatoms. The second-order valence-corrected chi connectivity index (χ2v) is 2.44. The van der Waals surface area contributed by atoms with Crippen LogP contribution >= 0.6 is 0 Å². The lowest BCUT2D eigenvalue weighted by molar-refractivity contribution is 0.104. The van der Waals surface area contributed by atoms with E-state index >= 15 is 0 Å². The quantitative estimate of drug-likeness (QED) is 0.628. The molecule has 1 rings (SSSR count). The molecule has 0 aromatic heterocycles. The van der Waals surface area contributed by atoms with Gasteiger partial charge in [0.15, 0.2) is 0 Å². The van der Waals surface area contributed by atoms with Crippen molar-refractivity contribution in [3.05, 3.63) is 35.9 Å². The Labute approximate surface area is 66.1 Å². The van der Waals surface area contributed by atoms with E-state index in [1.807, 2.05) is 30.3 Å². The molecular formula is C9H10O2. The third kappa shape index (κ3) is 2.03. The molecule has 1 aromatic rings. The molecule has 0 aliphatic heterocycles. The van der Waals surface area contributed by atoms with Gasteiger partial charge in [0.25, 0.3) is 0 Å². The highest BCUT2D eigenvalue weighted by molar-refractivity contribution is 5.19. The van der Waals surface area contributed by atoms with Crippen molar-refractivity contribution < 1.29 is 10.2 Å². The van der Waals surface area contributed by atoms with Crippen LogP contribution in [0.15, 0.2) is 30.3 Å². The van der Waals surface area contributed by atoms with Gasteiger partial charge in [0, 0.05) is 5.92 Å². The molecule has 0 saturated carbocycles. The molecule has 0 heterocycles. The Morgan fingerprint density at radius 2 is 1.55 bits per heavy atom. The van der Waals surface area contributed by atoms with Crippen LogP contribution in [0.5, 0.6) is 0 Å². The maximum atomic E-state index is 10.5. The smallest absolute Gasteiger partial charge is 0.0914 e. The average Bonchev–Trinajstić information content (AvgIpc) is 2.09. The summed E-state index contributed by atoms with van der Waals surface area (Å²) >= 11 is 0. The second-order valence-electron chi connectivity index (χ2n) is 2.44. The summed E-state index contributed by atoms with van der Waals surface area (Å²) < 4.78 is 0. The molecule has 0 fully saturated rings. The standard InChI is InChI=1S/C9H10O2/c10-6-9(7-11)8-4-2-1-3-5-8/h1-5,9H,6-7H2. The van der Waals surface area contributed by atoms with Crippen LogP contribution in [0.3, 0.4) is 0 Å². The molecule has 0 atom stereocenters. The first-order chi connectivity index (χ1) is 5.38. The van der Waals surface area contributed by atoms with Crippen molar-refractivity contribution in [2.24, 2.45) is 0 Å². The zero-order chi connectivity index (χ0) is 8.10. The van der Waals surface area contributed by atoms with Crippen LogP contribution in [0.25, 0.3) is 0 Å². The van der Waals surface area contributed by atoms with Crippen molar-refractivity contribution in [3.63, 3.8) is 0 Å². The number of rotatable bonds is 3. The van der Waals surface area contributed by atoms with Crippen LogP contribution in [-0.2, 0) is 10.2 Å². The van der Waals surface area contributed by atoms with Crippen LogP contribution in [0.4, 0.5) is 0 Å². The lowest BCUT2D eigenvalue weighted by atomic mass is 10.0. The van der Waals surface area contributed by atoms with E-state index in [1.54, 1.807) is 0 Å². The first kappa shape index (κ1) is 8.24. The Morgan fingerprint density at radius 1 is 1.00 bits per heavy atom. The predicted octanol–water partition coefficient (Wildman–Crippen LogP) is 1.63. The Bertz CT molecular complexity index is 192. The van der Waals surface area contributed by atoms with E-state index in [-0.39, 0.29) is 19.1 Å². The summed E-state index contributed by atoms with van der Waals surface area (Å²) in [4.78, 5) is 0.